The summed E-state index contributed by atoms with van der Waals surface area (Å²) >= 11 is 0. The average Bonchev–Trinajstić information content (AvgIpc) is 2.38. The molecular formula is C13H16N2O5. The first-order valence-corrected chi connectivity index (χ1v) is 6.09. The second kappa shape index (κ2) is 6.65. The summed E-state index contributed by atoms with van der Waals surface area (Å²) in [6.45, 7) is 4.95. The highest BCUT2D eigenvalue weighted by atomic mass is 16.6. The number of hydrogen-bond acceptors (Lipinski definition) is 5. The van der Waals surface area contributed by atoms with Crippen LogP contribution in [0.3, 0.4) is 0 Å². The van der Waals surface area contributed by atoms with Crippen molar-refractivity contribution in [2.24, 2.45) is 0 Å². The molecule has 0 bridgehead atoms. The molecule has 1 atom stereocenters. The molecule has 7 heteroatoms. The van der Waals surface area contributed by atoms with E-state index in [-0.39, 0.29) is 17.9 Å². The quantitative estimate of drug-likeness (QED) is 0.501. The van der Waals surface area contributed by atoms with Gasteiger partial charge in [0, 0.05) is 17.2 Å². The fraction of sp³-hybridized carbons (Fsp3) is 0.385. The Morgan fingerprint density at radius 1 is 1.45 bits per heavy atom. The number of carbonyl (C=O) groups is 2. The van der Waals surface area contributed by atoms with Gasteiger partial charge in [0.25, 0.3) is 11.6 Å². The van der Waals surface area contributed by atoms with Crippen LogP contribution in [0.25, 0.3) is 0 Å². The fourth-order valence-electron chi connectivity index (χ4n) is 1.55. The Kier molecular flexibility index (Phi) is 5.19. The molecule has 0 aliphatic heterocycles. The molecule has 0 fully saturated rings. The number of carbonyl (C=O) groups excluding carboxylic acids is 2. The minimum Gasteiger partial charge on any atom is -0.464 e. The molecule has 20 heavy (non-hydrogen) atoms. The van der Waals surface area contributed by atoms with Crippen molar-refractivity contribution in [3.8, 4) is 0 Å². The van der Waals surface area contributed by atoms with Gasteiger partial charge >= 0.3 is 5.97 Å². The molecule has 1 rings (SSSR count). The molecule has 0 aliphatic carbocycles. The second-order valence-corrected chi connectivity index (χ2v) is 4.21. The minimum absolute atomic E-state index is 0.124. The van der Waals surface area contributed by atoms with E-state index in [4.69, 9.17) is 4.74 Å². The molecule has 0 aromatic heterocycles. The number of hydrogen-bond donors (Lipinski definition) is 1. The van der Waals surface area contributed by atoms with Crippen LogP contribution < -0.4 is 5.32 Å². The van der Waals surface area contributed by atoms with Crippen LogP contribution in [0, 0.1) is 17.0 Å². The SMILES string of the molecule is CCOC(=O)C(C)NC(=O)c1ccc(C)c([N+](=O)[O-])c1. The van der Waals surface area contributed by atoms with Crippen molar-refractivity contribution >= 4 is 17.6 Å². The van der Waals surface area contributed by atoms with Gasteiger partial charge in [-0.1, -0.05) is 6.07 Å². The number of ether oxygens (including phenoxy) is 1. The largest absolute Gasteiger partial charge is 0.464 e. The smallest absolute Gasteiger partial charge is 0.328 e. The van der Waals surface area contributed by atoms with Crippen LogP contribution in [0.2, 0.25) is 0 Å². The van der Waals surface area contributed by atoms with Gasteiger partial charge in [0.1, 0.15) is 6.04 Å². The van der Waals surface area contributed by atoms with Crippen molar-refractivity contribution in [1.29, 1.82) is 0 Å². The van der Waals surface area contributed by atoms with Crippen LogP contribution in [0.5, 0.6) is 0 Å². The third-order valence-electron chi connectivity index (χ3n) is 2.66. The molecule has 1 aromatic rings. The van der Waals surface area contributed by atoms with Crippen LogP contribution in [0.4, 0.5) is 5.69 Å². The fourth-order valence-corrected chi connectivity index (χ4v) is 1.55. The van der Waals surface area contributed by atoms with Gasteiger partial charge in [0.2, 0.25) is 0 Å². The highest BCUT2D eigenvalue weighted by molar-refractivity contribution is 5.97. The van der Waals surface area contributed by atoms with E-state index < -0.39 is 22.8 Å². The van der Waals surface area contributed by atoms with Crippen LogP contribution in [0.1, 0.15) is 29.8 Å². The van der Waals surface area contributed by atoms with E-state index in [2.05, 4.69) is 5.32 Å². The van der Waals surface area contributed by atoms with E-state index in [1.165, 1.54) is 25.1 Å². The first-order chi connectivity index (χ1) is 9.36. The third-order valence-corrected chi connectivity index (χ3v) is 2.66. The average molecular weight is 280 g/mol. The first kappa shape index (κ1) is 15.6. The highest BCUT2D eigenvalue weighted by Gasteiger charge is 2.19. The summed E-state index contributed by atoms with van der Waals surface area (Å²) in [5, 5.41) is 13.2. The number of amides is 1. The van der Waals surface area contributed by atoms with Gasteiger partial charge in [-0.3, -0.25) is 14.9 Å². The van der Waals surface area contributed by atoms with Crippen LogP contribution in [0.15, 0.2) is 18.2 Å². The maximum absolute atomic E-state index is 11.9. The predicted octanol–water partition coefficient (Wildman–Crippen LogP) is 1.58. The zero-order valence-electron chi connectivity index (χ0n) is 11.5. The zero-order chi connectivity index (χ0) is 15.3. The minimum atomic E-state index is -0.817. The zero-order valence-corrected chi connectivity index (χ0v) is 11.5. The Bertz CT molecular complexity index is 542. The topological polar surface area (TPSA) is 98.5 Å². The number of nitro groups is 1. The number of nitrogens with zero attached hydrogens (tertiary/aromatic N) is 1. The summed E-state index contributed by atoms with van der Waals surface area (Å²) < 4.78 is 4.76. The molecule has 0 radical (unpaired) electrons. The molecule has 0 saturated heterocycles. The van der Waals surface area contributed by atoms with Crippen LogP contribution in [-0.2, 0) is 9.53 Å². The van der Waals surface area contributed by atoms with Crippen molar-refractivity contribution in [2.75, 3.05) is 6.61 Å². The molecular weight excluding hydrogens is 264 g/mol. The van der Waals surface area contributed by atoms with Gasteiger partial charge < -0.3 is 10.1 Å². The maximum atomic E-state index is 11.9. The number of rotatable bonds is 5. The molecule has 1 N–H and O–H groups in total. The van der Waals surface area contributed by atoms with Gasteiger partial charge in [-0.2, -0.15) is 0 Å². The van der Waals surface area contributed by atoms with Gasteiger partial charge in [-0.05, 0) is 26.8 Å². The molecule has 0 aliphatic rings. The predicted molar refractivity (Wildman–Crippen MR) is 71.4 cm³/mol. The van der Waals surface area contributed by atoms with E-state index in [0.29, 0.717) is 5.56 Å². The molecule has 7 nitrogen and oxygen atoms in total. The van der Waals surface area contributed by atoms with Crippen LogP contribution in [-0.4, -0.2) is 29.4 Å². The van der Waals surface area contributed by atoms with Crippen molar-refractivity contribution in [1.82, 2.24) is 5.32 Å². The van der Waals surface area contributed by atoms with E-state index in [1.54, 1.807) is 13.8 Å². The molecule has 108 valence electrons. The van der Waals surface area contributed by atoms with Gasteiger partial charge in [0.15, 0.2) is 0 Å². The summed E-state index contributed by atoms with van der Waals surface area (Å²) in [6, 6.07) is 3.32. The van der Waals surface area contributed by atoms with E-state index >= 15 is 0 Å². The van der Waals surface area contributed by atoms with E-state index in [0.717, 1.165) is 0 Å². The highest BCUT2D eigenvalue weighted by Crippen LogP contribution is 2.19. The number of esters is 1. The molecule has 1 aromatic carbocycles. The Morgan fingerprint density at radius 3 is 2.65 bits per heavy atom. The third kappa shape index (κ3) is 3.78. The van der Waals surface area contributed by atoms with Crippen molar-refractivity contribution in [2.45, 2.75) is 26.8 Å². The number of aryl methyl sites for hydroxylation is 1. The summed E-state index contributed by atoms with van der Waals surface area (Å²) in [7, 11) is 0. The summed E-state index contributed by atoms with van der Waals surface area (Å²) in [5.74, 6) is -1.11. The number of benzene rings is 1. The normalized spacial score (nSPS) is 11.6. The lowest BCUT2D eigenvalue weighted by Crippen LogP contribution is -2.39. The number of nitro benzene ring substituents is 1. The van der Waals surface area contributed by atoms with Crippen LogP contribution >= 0.6 is 0 Å². The summed E-state index contributed by atoms with van der Waals surface area (Å²) in [6.07, 6.45) is 0. The van der Waals surface area contributed by atoms with E-state index in [1.807, 2.05) is 0 Å². The Labute approximate surface area is 116 Å². The lowest BCUT2D eigenvalue weighted by atomic mass is 10.1. The standard InChI is InChI=1S/C13H16N2O5/c1-4-20-13(17)9(3)14-12(16)10-6-5-8(2)11(7-10)15(18)19/h5-7,9H,4H2,1-3H3,(H,14,16). The van der Waals surface area contributed by atoms with Crippen molar-refractivity contribution in [3.63, 3.8) is 0 Å². The molecule has 0 saturated carbocycles. The Hall–Kier alpha value is -2.44. The van der Waals surface area contributed by atoms with Crippen molar-refractivity contribution < 1.29 is 19.2 Å². The molecule has 1 amide bonds. The Morgan fingerprint density at radius 2 is 2.10 bits per heavy atom. The lowest BCUT2D eigenvalue weighted by Gasteiger charge is -2.12. The molecule has 0 heterocycles. The van der Waals surface area contributed by atoms with E-state index in [9.17, 15) is 19.7 Å². The Balaban J connectivity index is 2.85. The monoisotopic (exact) mass is 280 g/mol. The summed E-state index contributed by atoms with van der Waals surface area (Å²) in [4.78, 5) is 33.6. The lowest BCUT2D eigenvalue weighted by molar-refractivity contribution is -0.385. The molecule has 0 spiro atoms. The molecule has 1 unspecified atom stereocenters. The van der Waals surface area contributed by atoms with Gasteiger partial charge in [0.05, 0.1) is 11.5 Å². The number of nitrogens with one attached hydrogen (secondary N) is 1. The first-order valence-electron chi connectivity index (χ1n) is 6.09. The maximum Gasteiger partial charge on any atom is 0.328 e. The summed E-state index contributed by atoms with van der Waals surface area (Å²) in [5.41, 5.74) is 0.449. The van der Waals surface area contributed by atoms with Gasteiger partial charge in [-0.15, -0.1) is 0 Å². The van der Waals surface area contributed by atoms with Crippen molar-refractivity contribution in [3.05, 3.63) is 39.4 Å². The van der Waals surface area contributed by atoms with Gasteiger partial charge in [-0.25, -0.2) is 4.79 Å². The second-order valence-electron chi connectivity index (χ2n) is 4.21.